The summed E-state index contributed by atoms with van der Waals surface area (Å²) >= 11 is 6.13. The minimum Gasteiger partial charge on any atom is -0.351 e. The van der Waals surface area contributed by atoms with Gasteiger partial charge in [0.2, 0.25) is 59.1 Å². The van der Waals surface area contributed by atoms with Crippen molar-refractivity contribution in [3.63, 3.8) is 0 Å². The van der Waals surface area contributed by atoms with Gasteiger partial charge in [0.15, 0.2) is 0 Å². The van der Waals surface area contributed by atoms with Crippen molar-refractivity contribution in [2.45, 2.75) is 225 Å². The van der Waals surface area contributed by atoms with E-state index in [0.29, 0.717) is 37.7 Å². The minimum absolute atomic E-state index is 0.0361. The Bertz CT molecular complexity index is 2880. The van der Waals surface area contributed by atoms with E-state index in [1.165, 1.54) is 75.6 Å². The van der Waals surface area contributed by atoms with Crippen LogP contribution in [-0.2, 0) is 65.3 Å². The standard InChI is InChI=1S/C66H101ClF3N11O11/c1-14-30-79-38-54(84)77(12)50(35-43-21-17-16-18-22-43)61(89)74(9)36-52(82)72-47(28-26-44-25-27-45(46(67)34-44)66(68,69)70)60(88)80-31-20-23-48(80)62(90)81-51-24-19-29-65(51,81)64(92)78(13)57(40(5)6)59(87)71-42(8)33-53(83)76(11)49(32-39(3)4)58(86)73-56(41(7)15-2)63(91)75(10)37-55(79)85/h25,27,34,39-43,47-51,56-57H,14-24,26,28-33,35-38H2,1-13H3,(H,71,87)(H,72,82)(H,73,86)/t41-,42+,47-,48-,49?,50-,51?,56-,57-,65?,81?/m0/s1. The molecule has 2 saturated carbocycles. The molecule has 0 radical (unpaired) electrons. The number of nitrogens with one attached hydrogen (secondary N) is 3. The first-order chi connectivity index (χ1) is 43.2. The van der Waals surface area contributed by atoms with E-state index < -0.39 is 167 Å². The highest BCUT2D eigenvalue weighted by molar-refractivity contribution is 6.31. The summed E-state index contributed by atoms with van der Waals surface area (Å²) in [5, 5.41) is 8.04. The van der Waals surface area contributed by atoms with Gasteiger partial charge in [0.1, 0.15) is 41.8 Å². The van der Waals surface area contributed by atoms with Crippen molar-refractivity contribution in [3.05, 3.63) is 34.3 Å². The zero-order valence-electron chi connectivity index (χ0n) is 56.3. The van der Waals surface area contributed by atoms with Gasteiger partial charge in [-0.05, 0) is 112 Å². The summed E-state index contributed by atoms with van der Waals surface area (Å²) in [7, 11) is 7.28. The van der Waals surface area contributed by atoms with Crippen LogP contribution in [0.15, 0.2) is 18.2 Å². The van der Waals surface area contributed by atoms with Crippen LogP contribution in [0.4, 0.5) is 13.2 Å². The maximum Gasteiger partial charge on any atom is 0.417 e. The number of amides is 11. The number of carbonyl (C=O) groups is 11. The van der Waals surface area contributed by atoms with E-state index in [1.54, 1.807) is 27.7 Å². The molecule has 26 heteroatoms. The molecule has 1 aromatic carbocycles. The number of halogens is 4. The van der Waals surface area contributed by atoms with Crippen molar-refractivity contribution < 1.29 is 65.9 Å². The molecule has 2 aliphatic carbocycles. The molecule has 3 saturated heterocycles. The van der Waals surface area contributed by atoms with E-state index in [4.69, 9.17) is 11.6 Å². The van der Waals surface area contributed by atoms with Crippen LogP contribution in [0, 0.1) is 23.7 Å². The molecule has 22 nitrogen and oxygen atoms in total. The van der Waals surface area contributed by atoms with Gasteiger partial charge in [-0.15, -0.1) is 0 Å². The van der Waals surface area contributed by atoms with Gasteiger partial charge in [0.05, 0.1) is 36.3 Å². The summed E-state index contributed by atoms with van der Waals surface area (Å²) < 4.78 is 41.4. The Morgan fingerprint density at radius 3 is 1.95 bits per heavy atom. The number of hydrogen-bond donors (Lipinski definition) is 3. The molecule has 5 aliphatic rings. The monoisotopic (exact) mass is 1320 g/mol. The van der Waals surface area contributed by atoms with E-state index in [1.807, 2.05) is 27.7 Å². The van der Waals surface area contributed by atoms with Gasteiger partial charge in [-0.25, -0.2) is 0 Å². The zero-order valence-corrected chi connectivity index (χ0v) is 57.1. The summed E-state index contributed by atoms with van der Waals surface area (Å²) in [5.41, 5.74) is -2.07. The highest BCUT2D eigenvalue weighted by Crippen LogP contribution is 2.55. The van der Waals surface area contributed by atoms with Gasteiger partial charge in [-0.3, -0.25) is 52.7 Å². The van der Waals surface area contributed by atoms with Gasteiger partial charge in [-0.1, -0.05) is 105 Å². The van der Waals surface area contributed by atoms with Crippen molar-refractivity contribution in [1.29, 1.82) is 0 Å². The van der Waals surface area contributed by atoms with Crippen LogP contribution in [0.5, 0.6) is 0 Å². The van der Waals surface area contributed by atoms with Gasteiger partial charge < -0.3 is 55.1 Å². The van der Waals surface area contributed by atoms with E-state index in [9.17, 15) is 51.5 Å². The fourth-order valence-corrected chi connectivity index (χ4v) is 14.5. The van der Waals surface area contributed by atoms with Gasteiger partial charge >= 0.3 is 6.18 Å². The number of hydrogen-bond acceptors (Lipinski definition) is 11. The van der Waals surface area contributed by atoms with Crippen molar-refractivity contribution in [3.8, 4) is 0 Å². The van der Waals surface area contributed by atoms with Crippen LogP contribution in [0.3, 0.4) is 0 Å². The lowest BCUT2D eigenvalue weighted by molar-refractivity contribution is -0.149. The third kappa shape index (κ3) is 17.6. The molecule has 6 rings (SSSR count). The number of likely N-dealkylation sites (N-methyl/N-ethyl adjacent to an activating group) is 5. The normalized spacial score (nSPS) is 28.2. The highest BCUT2D eigenvalue weighted by atomic mass is 35.5. The third-order valence-corrected chi connectivity index (χ3v) is 19.9. The Hall–Kier alpha value is -6.53. The fourth-order valence-electron chi connectivity index (χ4n) is 14.2. The van der Waals surface area contributed by atoms with Crippen LogP contribution in [0.1, 0.15) is 169 Å². The maximum atomic E-state index is 15.1. The Balaban J connectivity index is 1.37. The average Bonchev–Trinajstić information content (AvgIpc) is 1.51. The summed E-state index contributed by atoms with van der Waals surface area (Å²) in [6.45, 7) is 13.1. The molecule has 3 N–H and O–H groups in total. The second-order valence-corrected chi connectivity index (χ2v) is 27.8. The molecule has 514 valence electrons. The predicted octanol–water partition coefficient (Wildman–Crippen LogP) is 5.65. The summed E-state index contributed by atoms with van der Waals surface area (Å²) in [4.78, 5) is 171. The predicted molar refractivity (Wildman–Crippen MR) is 340 cm³/mol. The Morgan fingerprint density at radius 1 is 0.685 bits per heavy atom. The lowest BCUT2D eigenvalue weighted by Crippen LogP contribution is -2.58. The molecule has 0 bridgehead atoms. The quantitative estimate of drug-likeness (QED) is 0.216. The first-order valence-corrected chi connectivity index (χ1v) is 33.5. The fraction of sp³-hybridized carbons (Fsp3) is 0.742. The number of piperidine rings is 1. The second kappa shape index (κ2) is 32.1. The smallest absolute Gasteiger partial charge is 0.351 e. The lowest BCUT2D eigenvalue weighted by atomic mass is 9.84. The molecule has 10 atom stereocenters. The number of nitrogens with zero attached hydrogens (tertiary/aromatic N) is 8. The van der Waals surface area contributed by atoms with E-state index in [0.717, 1.165) is 49.1 Å². The van der Waals surface area contributed by atoms with Crippen molar-refractivity contribution in [1.82, 2.24) is 55.1 Å². The molecule has 5 fully saturated rings. The summed E-state index contributed by atoms with van der Waals surface area (Å²) in [6.07, 6.45) is 2.46. The third-order valence-electron chi connectivity index (χ3n) is 19.6. The van der Waals surface area contributed by atoms with Gasteiger partial charge in [0, 0.05) is 60.8 Å². The molecule has 92 heavy (non-hydrogen) atoms. The molecule has 3 unspecified atom stereocenters. The number of benzene rings is 1. The first kappa shape index (κ1) is 74.5. The first-order valence-electron chi connectivity index (χ1n) is 33.2. The van der Waals surface area contributed by atoms with Gasteiger partial charge in [0.25, 0.3) is 5.91 Å². The number of carbonyl (C=O) groups excluding carboxylic acids is 11. The molecule has 0 aromatic heterocycles. The Kier molecular flexibility index (Phi) is 26.0. The second-order valence-electron chi connectivity index (χ2n) is 27.4. The number of rotatable bonds is 12. The topological polar surface area (TPSA) is 250 Å². The Morgan fingerprint density at radius 2 is 1.34 bits per heavy atom. The van der Waals surface area contributed by atoms with Crippen LogP contribution >= 0.6 is 11.6 Å². The summed E-state index contributed by atoms with van der Waals surface area (Å²) in [5.74, 6) is -7.35. The lowest BCUT2D eigenvalue weighted by Gasteiger charge is -2.36. The van der Waals surface area contributed by atoms with Crippen LogP contribution in [0.2, 0.25) is 5.02 Å². The molecule has 1 spiro atoms. The molecule has 1 aromatic rings. The van der Waals surface area contributed by atoms with Crippen LogP contribution < -0.4 is 16.0 Å². The van der Waals surface area contributed by atoms with Crippen LogP contribution in [-0.4, -0.2) is 226 Å². The average molecular weight is 1320 g/mol. The van der Waals surface area contributed by atoms with Crippen molar-refractivity contribution in [2.24, 2.45) is 23.7 Å². The number of fused-ring (bicyclic) bond motifs is 2. The van der Waals surface area contributed by atoms with Crippen LogP contribution in [0.25, 0.3) is 0 Å². The minimum atomic E-state index is -4.74. The van der Waals surface area contributed by atoms with Crippen molar-refractivity contribution in [2.75, 3.05) is 68.0 Å². The highest BCUT2D eigenvalue weighted by Gasteiger charge is 2.73. The molecule has 3 aliphatic heterocycles. The molecular weight excluding hydrogens is 1220 g/mol. The van der Waals surface area contributed by atoms with Gasteiger partial charge in [-0.2, -0.15) is 13.2 Å². The van der Waals surface area contributed by atoms with E-state index in [2.05, 4.69) is 16.0 Å². The molecule has 3 heterocycles. The van der Waals surface area contributed by atoms with Crippen molar-refractivity contribution >= 4 is 76.6 Å². The largest absolute Gasteiger partial charge is 0.417 e. The molecular formula is C66H101ClF3N11O11. The molecule has 11 amide bonds. The number of aryl methyl sites for hydroxylation is 1. The Labute approximate surface area is 546 Å². The number of alkyl halides is 3. The zero-order chi connectivity index (χ0) is 68.4. The summed E-state index contributed by atoms with van der Waals surface area (Å²) in [6, 6.07) is -4.98. The van der Waals surface area contributed by atoms with E-state index >= 15 is 14.4 Å². The maximum absolute atomic E-state index is 15.1. The SMILES string of the molecule is CCCN1CC(=O)N(C)[C@@H](CC2CCCCC2)C(=O)N(C)CC(=O)N[C@@H](CCc2ccc(C(F)(F)F)c(Cl)c2)C(=O)N2CCC[C@H]2C(=O)N2C3CCCC32C(=O)N(C)[C@@H](C(C)C)C(=O)N[C@H](C)CC(=O)N(C)C(CC(C)C)C(=O)N[C@@H]([C@@H](C)CC)C(=O)N(C)CC1=O. The van der Waals surface area contributed by atoms with E-state index in [-0.39, 0.29) is 69.9 Å².